The van der Waals surface area contributed by atoms with E-state index in [4.69, 9.17) is 14.2 Å². The Morgan fingerprint density at radius 1 is 1.15 bits per heavy atom. The number of hydrogen-bond acceptors (Lipinski definition) is 4. The number of hydrogen-bond donors (Lipinski definition) is 2. The van der Waals surface area contributed by atoms with Crippen LogP contribution in [0.25, 0.3) is 0 Å². The van der Waals surface area contributed by atoms with Crippen LogP contribution in [0.3, 0.4) is 0 Å². The zero-order valence-electron chi connectivity index (χ0n) is 16.1. The molecule has 2 N–H and O–H groups in total. The first-order valence-corrected chi connectivity index (χ1v) is 9.80. The number of nitrogens with zero attached hydrogens (tertiary/aromatic N) is 1. The van der Waals surface area contributed by atoms with Crippen LogP contribution in [0.15, 0.2) is 29.3 Å². The van der Waals surface area contributed by atoms with E-state index in [-0.39, 0.29) is 30.1 Å². The van der Waals surface area contributed by atoms with E-state index >= 15 is 0 Å². The van der Waals surface area contributed by atoms with Crippen LogP contribution in [0.5, 0.6) is 11.5 Å². The summed E-state index contributed by atoms with van der Waals surface area (Å²) in [5, 5.41) is 6.63. The van der Waals surface area contributed by atoms with Gasteiger partial charge in [-0.05, 0) is 31.4 Å². The lowest BCUT2D eigenvalue weighted by atomic mass is 9.98. The van der Waals surface area contributed by atoms with Crippen LogP contribution < -0.4 is 20.1 Å². The van der Waals surface area contributed by atoms with E-state index in [1.807, 2.05) is 24.3 Å². The van der Waals surface area contributed by atoms with Gasteiger partial charge in [0.15, 0.2) is 17.5 Å². The molecule has 3 rings (SSSR count). The third-order valence-corrected chi connectivity index (χ3v) is 4.81. The van der Waals surface area contributed by atoms with E-state index in [0.29, 0.717) is 19.3 Å². The molecule has 1 aliphatic heterocycles. The molecule has 0 radical (unpaired) electrons. The molecular weight excluding hydrogens is 457 g/mol. The van der Waals surface area contributed by atoms with Crippen molar-refractivity contribution in [3.63, 3.8) is 0 Å². The van der Waals surface area contributed by atoms with Gasteiger partial charge >= 0.3 is 0 Å². The highest BCUT2D eigenvalue weighted by Crippen LogP contribution is 2.30. The van der Waals surface area contributed by atoms with Crippen LogP contribution in [-0.2, 0) is 4.74 Å². The zero-order valence-corrected chi connectivity index (χ0v) is 18.4. The van der Waals surface area contributed by atoms with E-state index in [2.05, 4.69) is 15.6 Å². The van der Waals surface area contributed by atoms with Crippen molar-refractivity contribution in [1.82, 2.24) is 10.6 Å². The number of nitrogens with one attached hydrogen (secondary N) is 2. The maximum Gasteiger partial charge on any atom is 0.191 e. The fraction of sp³-hybridized carbons (Fsp3) is 0.650. The lowest BCUT2D eigenvalue weighted by Gasteiger charge is -2.27. The van der Waals surface area contributed by atoms with Crippen molar-refractivity contribution >= 4 is 29.9 Å². The van der Waals surface area contributed by atoms with Gasteiger partial charge in [0.05, 0.1) is 12.6 Å². The Balaban J connectivity index is 0.00000261. The summed E-state index contributed by atoms with van der Waals surface area (Å²) in [7, 11) is 1.78. The van der Waals surface area contributed by atoms with Gasteiger partial charge in [0.2, 0.25) is 0 Å². The molecule has 0 bridgehead atoms. The SMILES string of the molecule is CN=C(NCCCOC1CCCCC1)NCC1COc2ccccc2O1.I. The second-order valence-electron chi connectivity index (χ2n) is 6.86. The summed E-state index contributed by atoms with van der Waals surface area (Å²) in [6, 6.07) is 7.76. The first kappa shape index (κ1) is 22.1. The summed E-state index contributed by atoms with van der Waals surface area (Å²) in [5.74, 6) is 2.39. The average molecular weight is 489 g/mol. The van der Waals surface area contributed by atoms with Crippen molar-refractivity contribution in [2.24, 2.45) is 4.99 Å². The Labute approximate surface area is 179 Å². The molecule has 152 valence electrons. The molecule has 0 aromatic heterocycles. The second kappa shape index (κ2) is 12.3. The molecule has 1 atom stereocenters. The second-order valence-corrected chi connectivity index (χ2v) is 6.86. The van der Waals surface area contributed by atoms with Crippen molar-refractivity contribution in [2.45, 2.75) is 50.7 Å². The Bertz CT molecular complexity index is 579. The number of guanidine groups is 1. The van der Waals surface area contributed by atoms with Gasteiger partial charge in [0.1, 0.15) is 12.7 Å². The predicted octanol–water partition coefficient (Wildman–Crippen LogP) is 3.35. The van der Waals surface area contributed by atoms with Crippen molar-refractivity contribution in [1.29, 1.82) is 0 Å². The number of benzene rings is 1. The number of aliphatic imine (C=N–C) groups is 1. The molecule has 1 aromatic carbocycles. The minimum atomic E-state index is -0.0296. The summed E-state index contributed by atoms with van der Waals surface area (Å²) < 4.78 is 17.6. The first-order valence-electron chi connectivity index (χ1n) is 9.80. The molecule has 1 aliphatic carbocycles. The molecular formula is C20H32IN3O3. The number of ether oxygens (including phenoxy) is 3. The molecule has 1 fully saturated rings. The molecule has 6 nitrogen and oxygen atoms in total. The Morgan fingerprint density at radius 2 is 1.93 bits per heavy atom. The third kappa shape index (κ3) is 7.37. The Hall–Kier alpha value is -1.22. The summed E-state index contributed by atoms with van der Waals surface area (Å²) in [4.78, 5) is 4.26. The minimum absolute atomic E-state index is 0. The number of para-hydroxylation sites is 2. The number of rotatable bonds is 7. The van der Waals surface area contributed by atoms with Gasteiger partial charge in [-0.2, -0.15) is 0 Å². The number of fused-ring (bicyclic) bond motifs is 1. The maximum atomic E-state index is 5.95. The predicted molar refractivity (Wildman–Crippen MR) is 119 cm³/mol. The van der Waals surface area contributed by atoms with Crippen molar-refractivity contribution < 1.29 is 14.2 Å². The monoisotopic (exact) mass is 489 g/mol. The van der Waals surface area contributed by atoms with Crippen LogP contribution in [0.1, 0.15) is 38.5 Å². The van der Waals surface area contributed by atoms with Gasteiger partial charge in [0, 0.05) is 20.2 Å². The van der Waals surface area contributed by atoms with Gasteiger partial charge in [-0.25, -0.2) is 0 Å². The minimum Gasteiger partial charge on any atom is -0.486 e. The summed E-state index contributed by atoms with van der Waals surface area (Å²) in [5.41, 5.74) is 0. The normalized spacial score (nSPS) is 19.9. The number of halogens is 1. The fourth-order valence-corrected chi connectivity index (χ4v) is 3.36. The van der Waals surface area contributed by atoms with Crippen molar-refractivity contribution in [3.8, 4) is 11.5 Å². The zero-order chi connectivity index (χ0) is 18.0. The largest absolute Gasteiger partial charge is 0.486 e. The van der Waals surface area contributed by atoms with Crippen LogP contribution in [0, 0.1) is 0 Å². The average Bonchev–Trinajstić information content (AvgIpc) is 2.70. The lowest BCUT2D eigenvalue weighted by molar-refractivity contribution is 0.0277. The lowest BCUT2D eigenvalue weighted by Crippen LogP contribution is -2.45. The molecule has 0 saturated heterocycles. The molecule has 2 aliphatic rings. The molecule has 0 spiro atoms. The van der Waals surface area contributed by atoms with E-state index in [1.54, 1.807) is 7.05 Å². The van der Waals surface area contributed by atoms with Crippen LogP contribution in [0.2, 0.25) is 0 Å². The standard InChI is InChI=1S/C20H31N3O3.HI/c1-21-20(22-12-7-13-24-16-8-3-2-4-9-16)23-14-17-15-25-18-10-5-6-11-19(18)26-17;/h5-6,10-11,16-17H,2-4,7-9,12-15H2,1H3,(H2,21,22,23);1H. The summed E-state index contributed by atoms with van der Waals surface area (Å²) in [6.45, 7) is 2.84. The van der Waals surface area contributed by atoms with E-state index in [9.17, 15) is 0 Å². The highest BCUT2D eigenvalue weighted by Gasteiger charge is 2.20. The molecule has 7 heteroatoms. The van der Waals surface area contributed by atoms with E-state index < -0.39 is 0 Å². The Kier molecular flexibility index (Phi) is 10.0. The van der Waals surface area contributed by atoms with Crippen LogP contribution in [-0.4, -0.2) is 51.5 Å². The van der Waals surface area contributed by atoms with Crippen molar-refractivity contribution in [3.05, 3.63) is 24.3 Å². The van der Waals surface area contributed by atoms with Gasteiger partial charge in [-0.1, -0.05) is 31.4 Å². The van der Waals surface area contributed by atoms with Gasteiger partial charge in [0.25, 0.3) is 0 Å². The van der Waals surface area contributed by atoms with E-state index in [0.717, 1.165) is 37.0 Å². The highest BCUT2D eigenvalue weighted by atomic mass is 127. The topological polar surface area (TPSA) is 64.1 Å². The molecule has 0 amide bonds. The first-order chi connectivity index (χ1) is 12.8. The summed E-state index contributed by atoms with van der Waals surface area (Å²) in [6.07, 6.45) is 7.88. The smallest absolute Gasteiger partial charge is 0.191 e. The molecule has 1 unspecified atom stereocenters. The highest BCUT2D eigenvalue weighted by molar-refractivity contribution is 14.0. The van der Waals surface area contributed by atoms with E-state index in [1.165, 1.54) is 32.1 Å². The summed E-state index contributed by atoms with van der Waals surface area (Å²) >= 11 is 0. The van der Waals surface area contributed by atoms with Gasteiger partial charge < -0.3 is 24.8 Å². The quantitative estimate of drug-likeness (QED) is 0.266. The molecule has 1 aromatic rings. The maximum absolute atomic E-state index is 5.95. The molecule has 1 saturated carbocycles. The van der Waals surface area contributed by atoms with Crippen LogP contribution >= 0.6 is 24.0 Å². The fourth-order valence-electron chi connectivity index (χ4n) is 3.36. The van der Waals surface area contributed by atoms with Crippen LogP contribution in [0.4, 0.5) is 0 Å². The van der Waals surface area contributed by atoms with Gasteiger partial charge in [-0.3, -0.25) is 4.99 Å². The molecule has 1 heterocycles. The van der Waals surface area contributed by atoms with Crippen molar-refractivity contribution in [2.75, 3.05) is 33.4 Å². The molecule has 27 heavy (non-hydrogen) atoms. The van der Waals surface area contributed by atoms with Gasteiger partial charge in [-0.15, -0.1) is 24.0 Å². The Morgan fingerprint density at radius 3 is 2.70 bits per heavy atom. The third-order valence-electron chi connectivity index (χ3n) is 4.81.